The Morgan fingerprint density at radius 3 is 2.50 bits per heavy atom. The van der Waals surface area contributed by atoms with Crippen LogP contribution >= 0.6 is 0 Å². The van der Waals surface area contributed by atoms with E-state index in [1.54, 1.807) is 26.0 Å². The number of rotatable bonds is 2. The SMILES string of the molecule is Cc1ccc(C)c(OCF)c1O. The normalized spacial score (nSPS) is 9.92. The van der Waals surface area contributed by atoms with Crippen molar-refractivity contribution in [3.63, 3.8) is 0 Å². The monoisotopic (exact) mass is 170 g/mol. The second kappa shape index (κ2) is 3.43. The molecule has 1 aromatic carbocycles. The minimum atomic E-state index is -0.919. The van der Waals surface area contributed by atoms with Crippen molar-refractivity contribution in [3.05, 3.63) is 23.3 Å². The molecule has 0 aliphatic carbocycles. The van der Waals surface area contributed by atoms with E-state index in [2.05, 4.69) is 4.74 Å². The molecule has 0 saturated carbocycles. The molecule has 0 atom stereocenters. The van der Waals surface area contributed by atoms with Gasteiger partial charge in [-0.05, 0) is 25.0 Å². The summed E-state index contributed by atoms with van der Waals surface area (Å²) in [6.45, 7) is 2.57. The first-order valence-corrected chi connectivity index (χ1v) is 3.64. The predicted molar refractivity (Wildman–Crippen MR) is 44.2 cm³/mol. The molecule has 0 aliphatic rings. The number of benzene rings is 1. The highest BCUT2D eigenvalue weighted by atomic mass is 19.1. The summed E-state index contributed by atoms with van der Waals surface area (Å²) in [4.78, 5) is 0. The van der Waals surface area contributed by atoms with E-state index in [-0.39, 0.29) is 11.5 Å². The van der Waals surface area contributed by atoms with Crippen LogP contribution in [-0.2, 0) is 0 Å². The van der Waals surface area contributed by atoms with Crippen molar-refractivity contribution in [2.24, 2.45) is 0 Å². The number of hydrogen-bond acceptors (Lipinski definition) is 2. The average Bonchev–Trinajstić information content (AvgIpc) is 2.06. The molecule has 1 N–H and O–H groups in total. The number of phenolic OH excluding ortho intramolecular Hbond substituents is 1. The maximum absolute atomic E-state index is 11.8. The van der Waals surface area contributed by atoms with Crippen LogP contribution in [0, 0.1) is 13.8 Å². The Kier molecular flexibility index (Phi) is 2.53. The highest BCUT2D eigenvalue weighted by Gasteiger charge is 2.07. The van der Waals surface area contributed by atoms with Crippen LogP contribution < -0.4 is 4.74 Å². The van der Waals surface area contributed by atoms with Gasteiger partial charge in [0.2, 0.25) is 6.86 Å². The maximum Gasteiger partial charge on any atom is 0.228 e. The van der Waals surface area contributed by atoms with Crippen molar-refractivity contribution in [1.29, 1.82) is 0 Å². The summed E-state index contributed by atoms with van der Waals surface area (Å²) in [7, 11) is 0. The lowest BCUT2D eigenvalue weighted by Crippen LogP contribution is -1.94. The van der Waals surface area contributed by atoms with Crippen LogP contribution in [0.25, 0.3) is 0 Å². The van der Waals surface area contributed by atoms with Gasteiger partial charge < -0.3 is 9.84 Å². The Morgan fingerprint density at radius 2 is 1.92 bits per heavy atom. The molecule has 0 amide bonds. The third kappa shape index (κ3) is 1.49. The first kappa shape index (κ1) is 8.84. The molecule has 0 aliphatic heterocycles. The van der Waals surface area contributed by atoms with Gasteiger partial charge in [-0.3, -0.25) is 0 Å². The van der Waals surface area contributed by atoms with Crippen LogP contribution in [-0.4, -0.2) is 12.0 Å². The summed E-state index contributed by atoms with van der Waals surface area (Å²) in [5, 5.41) is 9.42. The van der Waals surface area contributed by atoms with Gasteiger partial charge in [-0.15, -0.1) is 0 Å². The summed E-state index contributed by atoms with van der Waals surface area (Å²) >= 11 is 0. The van der Waals surface area contributed by atoms with E-state index in [1.165, 1.54) is 0 Å². The molecule has 12 heavy (non-hydrogen) atoms. The zero-order chi connectivity index (χ0) is 9.14. The second-order valence-electron chi connectivity index (χ2n) is 2.63. The molecule has 0 spiro atoms. The Bertz CT molecular complexity index is 284. The minimum absolute atomic E-state index is 0.0210. The minimum Gasteiger partial charge on any atom is -0.504 e. The van der Waals surface area contributed by atoms with E-state index in [1.807, 2.05) is 0 Å². The third-order valence-electron chi connectivity index (χ3n) is 1.73. The van der Waals surface area contributed by atoms with Gasteiger partial charge in [0.25, 0.3) is 0 Å². The fourth-order valence-electron chi connectivity index (χ4n) is 1.01. The van der Waals surface area contributed by atoms with Crippen LogP contribution in [0.3, 0.4) is 0 Å². The molecule has 1 aromatic rings. The third-order valence-corrected chi connectivity index (χ3v) is 1.73. The first-order valence-electron chi connectivity index (χ1n) is 3.64. The maximum atomic E-state index is 11.8. The first-order chi connectivity index (χ1) is 5.66. The van der Waals surface area contributed by atoms with Crippen LogP contribution in [0.5, 0.6) is 11.5 Å². The van der Waals surface area contributed by atoms with E-state index in [4.69, 9.17) is 0 Å². The van der Waals surface area contributed by atoms with E-state index < -0.39 is 6.86 Å². The smallest absolute Gasteiger partial charge is 0.228 e. The van der Waals surface area contributed by atoms with Crippen LogP contribution in [0.1, 0.15) is 11.1 Å². The van der Waals surface area contributed by atoms with Gasteiger partial charge in [-0.1, -0.05) is 12.1 Å². The van der Waals surface area contributed by atoms with Crippen molar-refractivity contribution < 1.29 is 14.2 Å². The molecule has 0 saturated heterocycles. The lowest BCUT2D eigenvalue weighted by Gasteiger charge is -2.09. The summed E-state index contributed by atoms with van der Waals surface area (Å²) in [5.41, 5.74) is 1.42. The van der Waals surface area contributed by atoms with Crippen LogP contribution in [0.4, 0.5) is 4.39 Å². The molecule has 0 aromatic heterocycles. The largest absolute Gasteiger partial charge is 0.504 e. The molecular weight excluding hydrogens is 159 g/mol. The average molecular weight is 170 g/mol. The van der Waals surface area contributed by atoms with Crippen molar-refractivity contribution in [1.82, 2.24) is 0 Å². The molecule has 0 heterocycles. The Labute approximate surface area is 70.6 Å². The molecule has 3 heteroatoms. The summed E-state index contributed by atoms with van der Waals surface area (Å²) < 4.78 is 16.5. The van der Waals surface area contributed by atoms with Gasteiger partial charge in [-0.2, -0.15) is 0 Å². The zero-order valence-electron chi connectivity index (χ0n) is 7.10. The van der Waals surface area contributed by atoms with E-state index >= 15 is 0 Å². The van der Waals surface area contributed by atoms with E-state index in [0.29, 0.717) is 5.56 Å². The molecule has 0 fully saturated rings. The molecule has 0 radical (unpaired) electrons. The van der Waals surface area contributed by atoms with Crippen molar-refractivity contribution in [3.8, 4) is 11.5 Å². The Balaban J connectivity index is 3.14. The topological polar surface area (TPSA) is 29.5 Å². The second-order valence-corrected chi connectivity index (χ2v) is 2.63. The van der Waals surface area contributed by atoms with Crippen LogP contribution in [0.2, 0.25) is 0 Å². The summed E-state index contributed by atoms with van der Waals surface area (Å²) in [6.07, 6.45) is 0. The number of aryl methyl sites for hydroxylation is 2. The highest BCUT2D eigenvalue weighted by molar-refractivity contribution is 5.49. The molecule has 0 unspecified atom stereocenters. The predicted octanol–water partition coefficient (Wildman–Crippen LogP) is 2.31. The number of alkyl halides is 1. The molecule has 0 bridgehead atoms. The number of hydrogen-bond donors (Lipinski definition) is 1. The van der Waals surface area contributed by atoms with Gasteiger partial charge in [0.1, 0.15) is 0 Å². The standard InChI is InChI=1S/C9H11FO2/c1-6-3-4-7(2)9(8(6)11)12-5-10/h3-4,11H,5H2,1-2H3. The van der Waals surface area contributed by atoms with Crippen molar-refractivity contribution in [2.45, 2.75) is 13.8 Å². The molecule has 1 rings (SSSR count). The summed E-state index contributed by atoms with van der Waals surface area (Å²) in [6, 6.07) is 3.54. The van der Waals surface area contributed by atoms with Gasteiger partial charge in [0.05, 0.1) is 0 Å². The van der Waals surface area contributed by atoms with Crippen LogP contribution in [0.15, 0.2) is 12.1 Å². The Hall–Kier alpha value is -1.25. The van der Waals surface area contributed by atoms with Gasteiger partial charge in [0, 0.05) is 0 Å². The van der Waals surface area contributed by atoms with E-state index in [0.717, 1.165) is 5.56 Å². The van der Waals surface area contributed by atoms with Gasteiger partial charge in [0.15, 0.2) is 11.5 Å². The Morgan fingerprint density at radius 1 is 1.33 bits per heavy atom. The highest BCUT2D eigenvalue weighted by Crippen LogP contribution is 2.32. The molecule has 2 nitrogen and oxygen atoms in total. The number of phenols is 1. The van der Waals surface area contributed by atoms with E-state index in [9.17, 15) is 9.50 Å². The fourth-order valence-corrected chi connectivity index (χ4v) is 1.01. The van der Waals surface area contributed by atoms with Gasteiger partial charge >= 0.3 is 0 Å². The lowest BCUT2D eigenvalue weighted by atomic mass is 10.1. The number of aromatic hydroxyl groups is 1. The lowest BCUT2D eigenvalue weighted by molar-refractivity contribution is 0.184. The molecular formula is C9H11FO2. The number of ether oxygens (including phenoxy) is 1. The van der Waals surface area contributed by atoms with Crippen molar-refractivity contribution in [2.75, 3.05) is 6.86 Å². The van der Waals surface area contributed by atoms with Gasteiger partial charge in [-0.25, -0.2) is 4.39 Å². The fraction of sp³-hybridized carbons (Fsp3) is 0.333. The zero-order valence-corrected chi connectivity index (χ0v) is 7.10. The number of halogens is 1. The quantitative estimate of drug-likeness (QED) is 0.738. The molecule has 66 valence electrons. The van der Waals surface area contributed by atoms with Crippen molar-refractivity contribution >= 4 is 0 Å². The summed E-state index contributed by atoms with van der Waals surface area (Å²) in [5.74, 6) is 0.255.